The summed E-state index contributed by atoms with van der Waals surface area (Å²) in [4.78, 5) is 0.824. The molecule has 0 aliphatic rings. The normalized spacial score (nSPS) is 13.2. The number of aliphatic hydroxyl groups is 1. The highest BCUT2D eigenvalue weighted by molar-refractivity contribution is 9.10. The lowest BCUT2D eigenvalue weighted by Crippen LogP contribution is -2.04. The van der Waals surface area contributed by atoms with Gasteiger partial charge < -0.3 is 9.84 Å². The lowest BCUT2D eigenvalue weighted by Gasteiger charge is -2.06. The predicted octanol–water partition coefficient (Wildman–Crippen LogP) is 3.23. The van der Waals surface area contributed by atoms with E-state index in [1.54, 1.807) is 0 Å². The number of thiophene rings is 1. The summed E-state index contributed by atoms with van der Waals surface area (Å²) in [6.45, 7) is 2.82. The minimum atomic E-state index is -0.575. The van der Waals surface area contributed by atoms with Crippen LogP contribution in [0.15, 0.2) is 10.5 Å². The third kappa shape index (κ3) is 3.22. The molecule has 1 aromatic rings. The van der Waals surface area contributed by atoms with Crippen molar-refractivity contribution in [3.63, 3.8) is 0 Å². The van der Waals surface area contributed by atoms with Crippen LogP contribution in [0.2, 0.25) is 4.34 Å². The Morgan fingerprint density at radius 3 is 2.92 bits per heavy atom. The van der Waals surface area contributed by atoms with Crippen LogP contribution in [-0.2, 0) is 4.74 Å². The molecule has 1 atom stereocenters. The van der Waals surface area contributed by atoms with Crippen LogP contribution >= 0.6 is 38.9 Å². The third-order valence-electron chi connectivity index (χ3n) is 1.47. The van der Waals surface area contributed by atoms with Gasteiger partial charge in [0.2, 0.25) is 0 Å². The van der Waals surface area contributed by atoms with Crippen molar-refractivity contribution in [2.45, 2.75) is 13.0 Å². The van der Waals surface area contributed by atoms with E-state index in [-0.39, 0.29) is 0 Å². The number of aliphatic hydroxyl groups excluding tert-OH is 1. The van der Waals surface area contributed by atoms with E-state index >= 15 is 0 Å². The van der Waals surface area contributed by atoms with E-state index in [0.717, 1.165) is 9.35 Å². The quantitative estimate of drug-likeness (QED) is 0.920. The molecule has 0 radical (unpaired) electrons. The third-order valence-corrected chi connectivity index (χ3v) is 4.05. The number of hydrogen-bond donors (Lipinski definition) is 1. The summed E-state index contributed by atoms with van der Waals surface area (Å²) < 4.78 is 6.58. The summed E-state index contributed by atoms with van der Waals surface area (Å²) in [7, 11) is 0. The van der Waals surface area contributed by atoms with Gasteiger partial charge in [-0.3, -0.25) is 0 Å². The molecule has 13 heavy (non-hydrogen) atoms. The Morgan fingerprint density at radius 1 is 1.77 bits per heavy atom. The van der Waals surface area contributed by atoms with Crippen molar-refractivity contribution in [2.24, 2.45) is 0 Å². The molecule has 0 spiro atoms. The first kappa shape index (κ1) is 11.5. The highest BCUT2D eigenvalue weighted by atomic mass is 79.9. The zero-order valence-electron chi connectivity index (χ0n) is 7.09. The van der Waals surface area contributed by atoms with Crippen molar-refractivity contribution < 1.29 is 9.84 Å². The maximum Gasteiger partial charge on any atom is 0.112 e. The van der Waals surface area contributed by atoms with Crippen molar-refractivity contribution in [1.82, 2.24) is 0 Å². The smallest absolute Gasteiger partial charge is 0.112 e. The Morgan fingerprint density at radius 2 is 2.46 bits per heavy atom. The molecule has 1 unspecified atom stereocenters. The van der Waals surface area contributed by atoms with Gasteiger partial charge in [0.05, 0.1) is 6.61 Å². The molecule has 0 aromatic carbocycles. The van der Waals surface area contributed by atoms with E-state index in [9.17, 15) is 5.11 Å². The van der Waals surface area contributed by atoms with Crippen LogP contribution in [-0.4, -0.2) is 18.3 Å². The summed E-state index contributed by atoms with van der Waals surface area (Å²) in [5, 5.41) is 9.60. The van der Waals surface area contributed by atoms with E-state index in [4.69, 9.17) is 16.3 Å². The molecule has 0 fully saturated rings. The second-order valence-electron chi connectivity index (χ2n) is 2.45. The van der Waals surface area contributed by atoms with Gasteiger partial charge in [-0.15, -0.1) is 11.3 Å². The van der Waals surface area contributed by atoms with Crippen molar-refractivity contribution in [3.8, 4) is 0 Å². The molecule has 0 saturated carbocycles. The fourth-order valence-corrected chi connectivity index (χ4v) is 2.55. The molecule has 0 bridgehead atoms. The SMILES string of the molecule is CCOCC(O)c1cc(Br)c(Cl)s1. The second-order valence-corrected chi connectivity index (χ2v) is 4.99. The fourth-order valence-electron chi connectivity index (χ4n) is 0.839. The molecule has 0 amide bonds. The van der Waals surface area contributed by atoms with Crippen LogP contribution < -0.4 is 0 Å². The Kier molecular flexibility index (Phi) is 4.69. The largest absolute Gasteiger partial charge is 0.385 e. The molecule has 1 rings (SSSR count). The minimum absolute atomic E-state index is 0.319. The van der Waals surface area contributed by atoms with Crippen molar-refractivity contribution in [2.75, 3.05) is 13.2 Å². The average Bonchev–Trinajstić information content (AvgIpc) is 2.43. The average molecular weight is 286 g/mol. The number of halogens is 2. The van der Waals surface area contributed by atoms with Gasteiger partial charge in [-0.1, -0.05) is 11.6 Å². The molecule has 5 heteroatoms. The number of hydrogen-bond acceptors (Lipinski definition) is 3. The molecule has 74 valence electrons. The lowest BCUT2D eigenvalue weighted by molar-refractivity contribution is 0.0439. The van der Waals surface area contributed by atoms with Crippen molar-refractivity contribution in [1.29, 1.82) is 0 Å². The highest BCUT2D eigenvalue weighted by Crippen LogP contribution is 2.35. The molecular weight excluding hydrogens is 276 g/mol. The molecule has 2 nitrogen and oxygen atoms in total. The number of ether oxygens (including phenoxy) is 1. The summed E-state index contributed by atoms with van der Waals surface area (Å²) in [5.41, 5.74) is 0. The van der Waals surface area contributed by atoms with E-state index in [0.29, 0.717) is 17.6 Å². The number of rotatable bonds is 4. The van der Waals surface area contributed by atoms with Gasteiger partial charge in [0.1, 0.15) is 10.4 Å². The van der Waals surface area contributed by atoms with E-state index in [2.05, 4.69) is 15.9 Å². The standard InChI is InChI=1S/C8H10BrClO2S/c1-2-12-4-6(11)7-3-5(9)8(10)13-7/h3,6,11H,2,4H2,1H3. The van der Waals surface area contributed by atoms with Gasteiger partial charge in [-0.25, -0.2) is 0 Å². The summed E-state index contributed by atoms with van der Waals surface area (Å²) in [6, 6.07) is 1.82. The summed E-state index contributed by atoms with van der Waals surface area (Å²) >= 11 is 10.5. The fraction of sp³-hybridized carbons (Fsp3) is 0.500. The highest BCUT2D eigenvalue weighted by Gasteiger charge is 2.12. The maximum atomic E-state index is 9.60. The first-order chi connectivity index (χ1) is 6.15. The Balaban J connectivity index is 2.60. The van der Waals surface area contributed by atoms with Crippen LogP contribution in [0.3, 0.4) is 0 Å². The van der Waals surface area contributed by atoms with Gasteiger partial charge >= 0.3 is 0 Å². The summed E-state index contributed by atoms with van der Waals surface area (Å²) in [6.07, 6.45) is -0.575. The van der Waals surface area contributed by atoms with Gasteiger partial charge in [0.25, 0.3) is 0 Å². The van der Waals surface area contributed by atoms with Crippen LogP contribution in [0.5, 0.6) is 0 Å². The van der Waals surface area contributed by atoms with Crippen LogP contribution in [0, 0.1) is 0 Å². The van der Waals surface area contributed by atoms with E-state index < -0.39 is 6.10 Å². The monoisotopic (exact) mass is 284 g/mol. The van der Waals surface area contributed by atoms with Gasteiger partial charge in [-0.2, -0.15) is 0 Å². The molecule has 0 saturated heterocycles. The topological polar surface area (TPSA) is 29.5 Å². The first-order valence-electron chi connectivity index (χ1n) is 3.85. The second kappa shape index (κ2) is 5.32. The Bertz CT molecular complexity index is 258. The van der Waals surface area contributed by atoms with Crippen LogP contribution in [0.1, 0.15) is 17.9 Å². The van der Waals surface area contributed by atoms with Crippen LogP contribution in [0.25, 0.3) is 0 Å². The Labute approximate surface area is 94.6 Å². The Hall–Kier alpha value is 0.390. The van der Waals surface area contributed by atoms with Crippen molar-refractivity contribution in [3.05, 3.63) is 19.8 Å². The van der Waals surface area contributed by atoms with E-state index in [1.807, 2.05) is 13.0 Å². The lowest BCUT2D eigenvalue weighted by atomic mass is 10.3. The predicted molar refractivity (Wildman–Crippen MR) is 58.5 cm³/mol. The maximum absolute atomic E-state index is 9.60. The molecule has 0 aliphatic heterocycles. The van der Waals surface area contributed by atoms with Gasteiger partial charge in [-0.05, 0) is 28.9 Å². The van der Waals surface area contributed by atoms with Crippen molar-refractivity contribution >= 4 is 38.9 Å². The molecule has 1 heterocycles. The zero-order valence-corrected chi connectivity index (χ0v) is 10.2. The molecular formula is C8H10BrClO2S. The molecule has 1 aromatic heterocycles. The van der Waals surface area contributed by atoms with Crippen LogP contribution in [0.4, 0.5) is 0 Å². The summed E-state index contributed by atoms with van der Waals surface area (Å²) in [5.74, 6) is 0. The minimum Gasteiger partial charge on any atom is -0.385 e. The van der Waals surface area contributed by atoms with E-state index in [1.165, 1.54) is 11.3 Å². The zero-order chi connectivity index (χ0) is 9.84. The molecule has 0 aliphatic carbocycles. The van der Waals surface area contributed by atoms with Gasteiger partial charge in [0, 0.05) is 16.0 Å². The molecule has 1 N–H and O–H groups in total. The first-order valence-corrected chi connectivity index (χ1v) is 5.84. The van der Waals surface area contributed by atoms with Gasteiger partial charge in [0.15, 0.2) is 0 Å².